The molecule has 0 bridgehead atoms. The molecule has 0 aliphatic carbocycles. The third-order valence-electron chi connectivity index (χ3n) is 7.23. The van der Waals surface area contributed by atoms with Crippen LogP contribution in [0.25, 0.3) is 0 Å². The number of likely N-dealkylation sites (tertiary alicyclic amines) is 1. The Hall–Kier alpha value is -1.76. The second-order valence-corrected chi connectivity index (χ2v) is 9.79. The van der Waals surface area contributed by atoms with Gasteiger partial charge in [0.2, 0.25) is 5.91 Å². The van der Waals surface area contributed by atoms with Crippen LogP contribution in [-0.4, -0.2) is 61.2 Å². The minimum atomic E-state index is -4.28. The average Bonchev–Trinajstić information content (AvgIpc) is 2.79. The number of aryl methyl sites for hydroxylation is 1. The number of fused-ring (bicyclic) bond motifs is 1. The van der Waals surface area contributed by atoms with Gasteiger partial charge in [-0.15, -0.1) is 0 Å². The summed E-state index contributed by atoms with van der Waals surface area (Å²) in [5.41, 5.74) is 1.38. The van der Waals surface area contributed by atoms with E-state index in [0.717, 1.165) is 76.8 Å². The van der Waals surface area contributed by atoms with Gasteiger partial charge in [-0.25, -0.2) is 0 Å². The van der Waals surface area contributed by atoms with Gasteiger partial charge in [0.15, 0.2) is 0 Å². The first kappa shape index (κ1) is 25.9. The van der Waals surface area contributed by atoms with Crippen LogP contribution < -0.4 is 4.74 Å². The van der Waals surface area contributed by atoms with E-state index in [1.54, 1.807) is 4.90 Å². The van der Waals surface area contributed by atoms with Crippen molar-refractivity contribution in [1.82, 2.24) is 9.80 Å². The highest BCUT2D eigenvalue weighted by atomic mass is 19.4. The van der Waals surface area contributed by atoms with Crippen molar-refractivity contribution in [3.05, 3.63) is 29.8 Å². The Morgan fingerprint density at radius 1 is 1.09 bits per heavy atom. The van der Waals surface area contributed by atoms with Crippen molar-refractivity contribution in [2.75, 3.05) is 39.3 Å². The summed E-state index contributed by atoms with van der Waals surface area (Å²) >= 11 is 0. The van der Waals surface area contributed by atoms with E-state index in [1.165, 1.54) is 5.56 Å². The maximum Gasteiger partial charge on any atom is 0.389 e. The van der Waals surface area contributed by atoms with E-state index in [2.05, 4.69) is 30.0 Å². The van der Waals surface area contributed by atoms with Crippen LogP contribution in [0.4, 0.5) is 13.2 Å². The number of rotatable bonds is 5. The van der Waals surface area contributed by atoms with E-state index < -0.39 is 19.0 Å². The van der Waals surface area contributed by atoms with Crippen LogP contribution in [0, 0.1) is 5.41 Å². The standard InChI is InChI=1S/C26H39F3N2O2/c1-2-3-16-30-19-20-33-23-10-5-4-8-22(23)9-6-7-12-25(21-30)14-17-31(18-15-25)24(32)11-13-26(27,28)29/h4-5,8,10H,2-3,6-7,9,11-21H2,1H3. The summed E-state index contributed by atoms with van der Waals surface area (Å²) < 4.78 is 43.8. The van der Waals surface area contributed by atoms with E-state index in [1.807, 2.05) is 6.07 Å². The van der Waals surface area contributed by atoms with Crippen molar-refractivity contribution in [3.63, 3.8) is 0 Å². The van der Waals surface area contributed by atoms with Crippen molar-refractivity contribution < 1.29 is 22.7 Å². The second kappa shape index (κ2) is 12.1. The predicted octanol–water partition coefficient (Wildman–Crippen LogP) is 5.85. The molecule has 2 heterocycles. The van der Waals surface area contributed by atoms with Crippen LogP contribution in [0.1, 0.15) is 70.3 Å². The van der Waals surface area contributed by atoms with Gasteiger partial charge >= 0.3 is 6.18 Å². The van der Waals surface area contributed by atoms with E-state index in [-0.39, 0.29) is 11.3 Å². The molecule has 0 aromatic heterocycles. The maximum absolute atomic E-state index is 12.5. The topological polar surface area (TPSA) is 32.8 Å². The number of alkyl halides is 3. The zero-order valence-corrected chi connectivity index (χ0v) is 20.0. The number of hydrogen-bond acceptors (Lipinski definition) is 3. The summed E-state index contributed by atoms with van der Waals surface area (Å²) in [6.07, 6.45) is 2.55. The maximum atomic E-state index is 12.5. The summed E-state index contributed by atoms with van der Waals surface area (Å²) in [5.74, 6) is 0.636. The summed E-state index contributed by atoms with van der Waals surface area (Å²) in [6.45, 7) is 6.85. The van der Waals surface area contributed by atoms with Crippen molar-refractivity contribution in [1.29, 1.82) is 0 Å². The number of amides is 1. The average molecular weight is 469 g/mol. The summed E-state index contributed by atoms with van der Waals surface area (Å²) in [6, 6.07) is 8.30. The molecule has 2 aliphatic rings. The van der Waals surface area contributed by atoms with E-state index >= 15 is 0 Å². The highest BCUT2D eigenvalue weighted by Gasteiger charge is 2.37. The third kappa shape index (κ3) is 8.20. The molecule has 1 amide bonds. The van der Waals surface area contributed by atoms with Gasteiger partial charge in [0.25, 0.3) is 0 Å². The fourth-order valence-electron chi connectivity index (χ4n) is 5.20. The fourth-order valence-corrected chi connectivity index (χ4v) is 5.20. The van der Waals surface area contributed by atoms with Gasteiger partial charge < -0.3 is 9.64 Å². The normalized spacial score (nSPS) is 20.4. The van der Waals surface area contributed by atoms with Crippen molar-refractivity contribution in [2.45, 2.75) is 77.3 Å². The third-order valence-corrected chi connectivity index (χ3v) is 7.23. The lowest BCUT2D eigenvalue weighted by atomic mass is 9.73. The van der Waals surface area contributed by atoms with Crippen LogP contribution in [0.15, 0.2) is 24.3 Å². The molecule has 0 unspecified atom stereocenters. The molecule has 1 aromatic carbocycles. The number of unbranched alkanes of at least 4 members (excludes halogenated alkanes) is 1. The van der Waals surface area contributed by atoms with Gasteiger partial charge in [-0.3, -0.25) is 9.69 Å². The number of piperidine rings is 1. The largest absolute Gasteiger partial charge is 0.492 e. The smallest absolute Gasteiger partial charge is 0.389 e. The molecular weight excluding hydrogens is 429 g/mol. The number of nitrogens with zero attached hydrogens (tertiary/aromatic N) is 2. The first-order valence-corrected chi connectivity index (χ1v) is 12.6. The predicted molar refractivity (Wildman–Crippen MR) is 124 cm³/mol. The molecule has 0 atom stereocenters. The first-order valence-electron chi connectivity index (χ1n) is 12.6. The molecule has 1 saturated heterocycles. The van der Waals surface area contributed by atoms with Crippen molar-refractivity contribution in [2.24, 2.45) is 5.41 Å². The van der Waals surface area contributed by atoms with Gasteiger partial charge in [-0.1, -0.05) is 38.0 Å². The fraction of sp³-hybridized carbons (Fsp3) is 0.731. The van der Waals surface area contributed by atoms with Crippen LogP contribution in [0.2, 0.25) is 0 Å². The zero-order valence-electron chi connectivity index (χ0n) is 20.0. The molecule has 3 rings (SSSR count). The molecule has 1 spiro atoms. The Labute approximate surface area is 196 Å². The first-order chi connectivity index (χ1) is 15.8. The highest BCUT2D eigenvalue weighted by Crippen LogP contribution is 2.39. The number of hydrogen-bond donors (Lipinski definition) is 0. The SMILES string of the molecule is CCCCN1CCOc2ccccc2CCCCC2(CCN(C(=O)CCC(F)(F)F)CC2)C1. The van der Waals surface area contributed by atoms with Crippen LogP contribution >= 0.6 is 0 Å². The molecule has 4 nitrogen and oxygen atoms in total. The molecule has 0 radical (unpaired) electrons. The van der Waals surface area contributed by atoms with E-state index in [9.17, 15) is 18.0 Å². The lowest BCUT2D eigenvalue weighted by molar-refractivity contribution is -0.150. The number of carbonyl (C=O) groups is 1. The molecular formula is C26H39F3N2O2. The van der Waals surface area contributed by atoms with Crippen molar-refractivity contribution >= 4 is 5.91 Å². The highest BCUT2D eigenvalue weighted by molar-refractivity contribution is 5.76. The molecule has 2 aliphatic heterocycles. The number of ether oxygens (including phenoxy) is 1. The lowest BCUT2D eigenvalue weighted by Crippen LogP contribution is -2.49. The van der Waals surface area contributed by atoms with Crippen LogP contribution in [0.5, 0.6) is 5.75 Å². The second-order valence-electron chi connectivity index (χ2n) is 9.79. The van der Waals surface area contributed by atoms with Crippen LogP contribution in [0.3, 0.4) is 0 Å². The Bertz CT molecular complexity index is 745. The molecule has 1 fully saturated rings. The van der Waals surface area contributed by atoms with Gasteiger partial charge in [0, 0.05) is 32.6 Å². The number of benzene rings is 1. The molecule has 7 heteroatoms. The van der Waals surface area contributed by atoms with Gasteiger partial charge in [-0.2, -0.15) is 13.2 Å². The minimum Gasteiger partial charge on any atom is -0.492 e. The molecule has 0 N–H and O–H groups in total. The van der Waals surface area contributed by atoms with E-state index in [0.29, 0.717) is 19.7 Å². The van der Waals surface area contributed by atoms with E-state index in [4.69, 9.17) is 4.74 Å². The monoisotopic (exact) mass is 468 g/mol. The van der Waals surface area contributed by atoms with Gasteiger partial charge in [0.1, 0.15) is 12.4 Å². The molecule has 0 saturated carbocycles. The number of para-hydroxylation sites is 1. The van der Waals surface area contributed by atoms with Crippen molar-refractivity contribution in [3.8, 4) is 5.75 Å². The Morgan fingerprint density at radius 3 is 2.58 bits per heavy atom. The molecule has 33 heavy (non-hydrogen) atoms. The number of carbonyl (C=O) groups excluding carboxylic acids is 1. The molecule has 1 aromatic rings. The molecule has 186 valence electrons. The van der Waals surface area contributed by atoms with Gasteiger partial charge in [-0.05, 0) is 62.1 Å². The summed E-state index contributed by atoms with van der Waals surface area (Å²) in [5, 5.41) is 0. The quantitative estimate of drug-likeness (QED) is 0.544. The Balaban J connectivity index is 1.65. The van der Waals surface area contributed by atoms with Gasteiger partial charge in [0.05, 0.1) is 6.42 Å². The Kier molecular flexibility index (Phi) is 9.47. The zero-order chi connectivity index (χ0) is 23.7. The lowest BCUT2D eigenvalue weighted by Gasteiger charge is -2.45. The Morgan fingerprint density at radius 2 is 1.85 bits per heavy atom. The number of halogens is 3. The van der Waals surface area contributed by atoms with Crippen LogP contribution in [-0.2, 0) is 11.2 Å². The summed E-state index contributed by atoms with van der Waals surface area (Å²) in [7, 11) is 0. The minimum absolute atomic E-state index is 0.118. The summed E-state index contributed by atoms with van der Waals surface area (Å²) in [4.78, 5) is 16.5.